The fraction of sp³-hybridized carbons (Fsp3) is 0.625. The van der Waals surface area contributed by atoms with Gasteiger partial charge in [-0.2, -0.15) is 0 Å². The lowest BCUT2D eigenvalue weighted by atomic mass is 10.3. The maximum atomic E-state index is 10.5. The van der Waals surface area contributed by atoms with Crippen molar-refractivity contribution in [1.29, 1.82) is 0 Å². The summed E-state index contributed by atoms with van der Waals surface area (Å²) in [6.07, 6.45) is 4.01. The van der Waals surface area contributed by atoms with Gasteiger partial charge in [0.2, 0.25) is 0 Å². The molecular weight excluding hydrogens is 142 g/mol. The largest absolute Gasteiger partial charge is 0.466 e. The number of ether oxygens (including phenoxy) is 1. The normalized spacial score (nSPS) is 13.0. The van der Waals surface area contributed by atoms with Crippen molar-refractivity contribution < 1.29 is 9.53 Å². The average Bonchev–Trinajstić information content (AvgIpc) is 2.04. The van der Waals surface area contributed by atoms with Crippen LogP contribution in [0.1, 0.15) is 20.3 Å². The number of methoxy groups -OCH3 is 1. The summed E-state index contributed by atoms with van der Waals surface area (Å²) in [6, 6.07) is 0.399. The Morgan fingerprint density at radius 1 is 1.73 bits per heavy atom. The molecular formula is C8H15NO2. The molecule has 1 N–H and O–H groups in total. The topological polar surface area (TPSA) is 38.3 Å². The smallest absolute Gasteiger partial charge is 0.331 e. The van der Waals surface area contributed by atoms with Crippen LogP contribution in [-0.4, -0.2) is 19.1 Å². The molecule has 64 valence electrons. The summed E-state index contributed by atoms with van der Waals surface area (Å²) in [7, 11) is 1.36. The zero-order valence-electron chi connectivity index (χ0n) is 7.26. The van der Waals surface area contributed by atoms with E-state index in [1.54, 1.807) is 6.20 Å². The summed E-state index contributed by atoms with van der Waals surface area (Å²) in [5.74, 6) is -0.333. The van der Waals surface area contributed by atoms with E-state index >= 15 is 0 Å². The van der Waals surface area contributed by atoms with E-state index in [-0.39, 0.29) is 5.97 Å². The molecule has 0 radical (unpaired) electrons. The second-order valence-electron chi connectivity index (χ2n) is 2.33. The number of nitrogens with one attached hydrogen (secondary N) is 1. The Balaban J connectivity index is 3.51. The molecule has 0 spiro atoms. The summed E-state index contributed by atoms with van der Waals surface area (Å²) >= 11 is 0. The lowest BCUT2D eigenvalue weighted by Crippen LogP contribution is -2.19. The number of rotatable bonds is 4. The molecule has 0 aromatic rings. The highest BCUT2D eigenvalue weighted by Gasteiger charge is 1.93. The molecule has 0 heterocycles. The second kappa shape index (κ2) is 5.77. The summed E-state index contributed by atoms with van der Waals surface area (Å²) in [5, 5.41) is 3.02. The van der Waals surface area contributed by atoms with E-state index < -0.39 is 0 Å². The maximum absolute atomic E-state index is 10.5. The summed E-state index contributed by atoms with van der Waals surface area (Å²) < 4.78 is 4.40. The average molecular weight is 157 g/mol. The van der Waals surface area contributed by atoms with E-state index in [1.165, 1.54) is 13.2 Å². The van der Waals surface area contributed by atoms with E-state index in [9.17, 15) is 4.79 Å². The minimum Gasteiger partial charge on any atom is -0.466 e. The van der Waals surface area contributed by atoms with Gasteiger partial charge in [0.25, 0.3) is 0 Å². The van der Waals surface area contributed by atoms with Crippen LogP contribution in [-0.2, 0) is 9.53 Å². The van der Waals surface area contributed by atoms with Crippen molar-refractivity contribution in [3.8, 4) is 0 Å². The lowest BCUT2D eigenvalue weighted by Gasteiger charge is -2.06. The Bertz CT molecular complexity index is 143. The molecule has 0 fully saturated rings. The van der Waals surface area contributed by atoms with Crippen molar-refractivity contribution in [2.24, 2.45) is 0 Å². The molecule has 3 heteroatoms. The lowest BCUT2D eigenvalue weighted by molar-refractivity contribution is -0.134. The van der Waals surface area contributed by atoms with Crippen LogP contribution >= 0.6 is 0 Å². The van der Waals surface area contributed by atoms with Crippen LogP contribution < -0.4 is 5.32 Å². The highest BCUT2D eigenvalue weighted by molar-refractivity contribution is 5.81. The van der Waals surface area contributed by atoms with Crippen LogP contribution in [0, 0.1) is 0 Å². The Labute approximate surface area is 67.4 Å². The molecule has 0 aromatic carbocycles. The first kappa shape index (κ1) is 10.0. The van der Waals surface area contributed by atoms with Crippen molar-refractivity contribution >= 4 is 5.97 Å². The van der Waals surface area contributed by atoms with Crippen molar-refractivity contribution in [3.63, 3.8) is 0 Å². The van der Waals surface area contributed by atoms with Crippen molar-refractivity contribution in [3.05, 3.63) is 12.3 Å². The molecule has 0 aliphatic rings. The monoisotopic (exact) mass is 157 g/mol. The summed E-state index contributed by atoms with van der Waals surface area (Å²) in [6.45, 7) is 4.12. The molecule has 0 rings (SSSR count). The van der Waals surface area contributed by atoms with Crippen LogP contribution in [0.3, 0.4) is 0 Å². The minimum absolute atomic E-state index is 0.333. The Kier molecular flexibility index (Phi) is 5.25. The van der Waals surface area contributed by atoms with Gasteiger partial charge >= 0.3 is 5.97 Å². The highest BCUT2D eigenvalue weighted by Crippen LogP contribution is 1.86. The van der Waals surface area contributed by atoms with Gasteiger partial charge in [-0.1, -0.05) is 6.92 Å². The van der Waals surface area contributed by atoms with Crippen molar-refractivity contribution in [1.82, 2.24) is 5.32 Å². The zero-order chi connectivity index (χ0) is 8.69. The van der Waals surface area contributed by atoms with E-state index in [2.05, 4.69) is 17.0 Å². The Morgan fingerprint density at radius 3 is 2.82 bits per heavy atom. The highest BCUT2D eigenvalue weighted by atomic mass is 16.5. The predicted octanol–water partition coefficient (Wildman–Crippen LogP) is 1.06. The van der Waals surface area contributed by atoms with Crippen molar-refractivity contribution in [2.75, 3.05) is 7.11 Å². The van der Waals surface area contributed by atoms with Gasteiger partial charge in [0, 0.05) is 18.3 Å². The molecule has 0 saturated heterocycles. The van der Waals surface area contributed by atoms with E-state index in [0.717, 1.165) is 6.42 Å². The van der Waals surface area contributed by atoms with E-state index in [4.69, 9.17) is 0 Å². The van der Waals surface area contributed by atoms with Gasteiger partial charge in [0.15, 0.2) is 0 Å². The third-order valence-corrected chi connectivity index (χ3v) is 1.41. The quantitative estimate of drug-likeness (QED) is 0.490. The molecule has 0 saturated carbocycles. The summed E-state index contributed by atoms with van der Waals surface area (Å²) in [4.78, 5) is 10.5. The van der Waals surface area contributed by atoms with Crippen LogP contribution in [0.15, 0.2) is 12.3 Å². The number of esters is 1. The van der Waals surface area contributed by atoms with Gasteiger partial charge < -0.3 is 10.1 Å². The molecule has 0 aromatic heterocycles. The van der Waals surface area contributed by atoms with E-state index in [1.807, 2.05) is 6.92 Å². The standard InChI is InChI=1S/C8H15NO2/c1-4-7(2)9-6-5-8(10)11-3/h5-7,9H,4H2,1-3H3/b6-5+. The van der Waals surface area contributed by atoms with Gasteiger partial charge in [0.1, 0.15) is 0 Å². The van der Waals surface area contributed by atoms with Gasteiger partial charge in [-0.05, 0) is 13.3 Å². The third kappa shape index (κ3) is 5.45. The van der Waals surface area contributed by atoms with E-state index in [0.29, 0.717) is 6.04 Å². The molecule has 3 nitrogen and oxygen atoms in total. The second-order valence-corrected chi connectivity index (χ2v) is 2.33. The minimum atomic E-state index is -0.333. The van der Waals surface area contributed by atoms with Gasteiger partial charge in [0.05, 0.1) is 7.11 Å². The van der Waals surface area contributed by atoms with Gasteiger partial charge in [-0.15, -0.1) is 0 Å². The van der Waals surface area contributed by atoms with Crippen LogP contribution in [0.25, 0.3) is 0 Å². The molecule has 0 aliphatic heterocycles. The Hall–Kier alpha value is -0.990. The fourth-order valence-electron chi connectivity index (χ4n) is 0.466. The molecule has 11 heavy (non-hydrogen) atoms. The fourth-order valence-corrected chi connectivity index (χ4v) is 0.466. The molecule has 1 unspecified atom stereocenters. The zero-order valence-corrected chi connectivity index (χ0v) is 7.26. The van der Waals surface area contributed by atoms with Gasteiger partial charge in [-0.3, -0.25) is 0 Å². The van der Waals surface area contributed by atoms with Crippen LogP contribution in [0.4, 0.5) is 0 Å². The Morgan fingerprint density at radius 2 is 2.36 bits per heavy atom. The maximum Gasteiger partial charge on any atom is 0.331 e. The SMILES string of the molecule is CCC(C)N/C=C/C(=O)OC. The van der Waals surface area contributed by atoms with Crippen molar-refractivity contribution in [2.45, 2.75) is 26.3 Å². The molecule has 0 aliphatic carbocycles. The number of carbonyl (C=O) groups is 1. The number of hydrogen-bond acceptors (Lipinski definition) is 3. The molecule has 1 atom stereocenters. The first-order chi connectivity index (χ1) is 5.20. The third-order valence-electron chi connectivity index (χ3n) is 1.41. The first-order valence-corrected chi connectivity index (χ1v) is 3.71. The van der Waals surface area contributed by atoms with Crippen LogP contribution in [0.5, 0.6) is 0 Å². The molecule has 0 bridgehead atoms. The first-order valence-electron chi connectivity index (χ1n) is 3.71. The predicted molar refractivity (Wildman–Crippen MR) is 44.0 cm³/mol. The number of carbonyl (C=O) groups excluding carboxylic acids is 1. The van der Waals surface area contributed by atoms with Gasteiger partial charge in [-0.25, -0.2) is 4.79 Å². The van der Waals surface area contributed by atoms with Crippen LogP contribution in [0.2, 0.25) is 0 Å². The summed E-state index contributed by atoms with van der Waals surface area (Å²) in [5.41, 5.74) is 0. The molecule has 0 amide bonds. The number of hydrogen-bond donors (Lipinski definition) is 1.